The lowest BCUT2D eigenvalue weighted by Crippen LogP contribution is -2.67. The molecule has 0 radical (unpaired) electrons. The van der Waals surface area contributed by atoms with Crippen LogP contribution in [0.5, 0.6) is 0 Å². The topological polar surface area (TPSA) is 183 Å². The molecule has 6 aliphatic rings. The van der Waals surface area contributed by atoms with Gasteiger partial charge in [-0.25, -0.2) is 9.59 Å². The number of cyclic esters (lactones) is 1. The third kappa shape index (κ3) is 3.95. The van der Waals surface area contributed by atoms with Crippen molar-refractivity contribution in [1.82, 2.24) is 0 Å². The lowest BCUT2D eigenvalue weighted by atomic mass is 9.42. The molecule has 0 aromatic carbocycles. The zero-order valence-electron chi connectivity index (χ0n) is 23.0. The number of carbonyl (C=O) groups excluding carboxylic acids is 1. The Kier molecular flexibility index (Phi) is 6.93. The van der Waals surface area contributed by atoms with Crippen LogP contribution in [0.3, 0.4) is 0 Å². The van der Waals surface area contributed by atoms with Crippen molar-refractivity contribution >= 4 is 11.9 Å². The van der Waals surface area contributed by atoms with E-state index in [2.05, 4.69) is 6.92 Å². The molecule has 0 spiro atoms. The minimum absolute atomic E-state index is 0.0136. The molecule has 1 saturated heterocycles. The van der Waals surface area contributed by atoms with Gasteiger partial charge in [0.1, 0.15) is 24.9 Å². The van der Waals surface area contributed by atoms with Gasteiger partial charge in [0, 0.05) is 11.5 Å². The molecule has 0 aromatic heterocycles. The van der Waals surface area contributed by atoms with E-state index in [0.29, 0.717) is 32.1 Å². The highest BCUT2D eigenvalue weighted by molar-refractivity contribution is 5.85. The fraction of sp³-hybridized carbons (Fsp3) is 0.862. The first-order chi connectivity index (χ1) is 18.8. The summed E-state index contributed by atoms with van der Waals surface area (Å²) in [7, 11) is 0. The highest BCUT2D eigenvalue weighted by Gasteiger charge is 2.71. The zero-order chi connectivity index (χ0) is 28.8. The number of aliphatic hydroxyl groups excluding tert-OH is 4. The van der Waals surface area contributed by atoms with E-state index in [9.17, 15) is 40.2 Å². The van der Waals surface area contributed by atoms with Crippen LogP contribution in [0.4, 0.5) is 0 Å². The number of hydrogen-bond acceptors (Lipinski definition) is 10. The van der Waals surface area contributed by atoms with Crippen LogP contribution in [0, 0.1) is 34.5 Å². The number of esters is 1. The van der Waals surface area contributed by atoms with Crippen LogP contribution in [-0.2, 0) is 23.8 Å². The molecule has 11 heteroatoms. The van der Waals surface area contributed by atoms with Gasteiger partial charge in [-0.2, -0.15) is 0 Å². The summed E-state index contributed by atoms with van der Waals surface area (Å²) in [4.78, 5) is 23.3. The molecule has 2 aliphatic heterocycles. The van der Waals surface area contributed by atoms with Gasteiger partial charge in [-0.1, -0.05) is 13.8 Å². The summed E-state index contributed by atoms with van der Waals surface area (Å²) in [5.41, 5.74) is -1.11. The molecule has 2 heterocycles. The number of carboxylic acids is 1. The van der Waals surface area contributed by atoms with E-state index in [1.807, 2.05) is 6.92 Å². The first-order valence-corrected chi connectivity index (χ1v) is 14.7. The number of aliphatic carboxylic acids is 1. The van der Waals surface area contributed by atoms with E-state index in [1.54, 1.807) is 0 Å². The summed E-state index contributed by atoms with van der Waals surface area (Å²) in [5.74, 6) is -1.58. The number of rotatable bonds is 4. The SMILES string of the molecule is C[C@]12CC[C@H](O[C@@H]3O[C@H](C(=O)O)[C@@H](O)[C@H](O)[C@H]3O)C[C@H]1CC[C@@H]1[C@@H]2C[C@@H](O)[C@]2(C)[C@@H](C3=CC(=O)OC3)CC[C@]12O. The third-order valence-corrected chi connectivity index (χ3v) is 12.2. The molecule has 224 valence electrons. The molecule has 4 aliphatic carbocycles. The van der Waals surface area contributed by atoms with Gasteiger partial charge in [-0.3, -0.25) is 0 Å². The fourth-order valence-electron chi connectivity index (χ4n) is 9.83. The molecule has 0 unspecified atom stereocenters. The van der Waals surface area contributed by atoms with E-state index in [-0.39, 0.29) is 47.8 Å². The van der Waals surface area contributed by atoms with Crippen molar-refractivity contribution < 1.29 is 54.4 Å². The second-order valence-electron chi connectivity index (χ2n) is 13.6. The summed E-state index contributed by atoms with van der Waals surface area (Å²) < 4.78 is 16.6. The molecule has 0 amide bonds. The summed E-state index contributed by atoms with van der Waals surface area (Å²) in [6.07, 6.45) is -2.17. The van der Waals surface area contributed by atoms with Crippen LogP contribution >= 0.6 is 0 Å². The first kappa shape index (κ1) is 28.5. The van der Waals surface area contributed by atoms with Gasteiger partial charge in [-0.15, -0.1) is 0 Å². The normalized spacial score (nSPS) is 54.1. The molecule has 0 aromatic rings. The highest BCUT2D eigenvalue weighted by atomic mass is 16.7. The van der Waals surface area contributed by atoms with Crippen molar-refractivity contribution in [3.63, 3.8) is 0 Å². The first-order valence-electron chi connectivity index (χ1n) is 14.7. The monoisotopic (exact) mass is 566 g/mol. The minimum atomic E-state index is -1.76. The number of carbonyl (C=O) groups is 2. The Hall–Kier alpha value is -1.60. The molecular weight excluding hydrogens is 524 g/mol. The predicted molar refractivity (Wildman–Crippen MR) is 136 cm³/mol. The van der Waals surface area contributed by atoms with Gasteiger partial charge in [0.2, 0.25) is 0 Å². The lowest BCUT2D eigenvalue weighted by molar-refractivity contribution is -0.311. The maximum Gasteiger partial charge on any atom is 0.335 e. The molecule has 6 N–H and O–H groups in total. The molecule has 0 bridgehead atoms. The van der Waals surface area contributed by atoms with E-state index in [1.165, 1.54) is 6.08 Å². The molecule has 11 nitrogen and oxygen atoms in total. The minimum Gasteiger partial charge on any atom is -0.479 e. The molecular formula is C29H42O11. The van der Waals surface area contributed by atoms with E-state index in [0.717, 1.165) is 24.8 Å². The Morgan fingerprint density at radius 2 is 1.73 bits per heavy atom. The second-order valence-corrected chi connectivity index (χ2v) is 13.6. The van der Waals surface area contributed by atoms with Crippen molar-refractivity contribution in [2.75, 3.05) is 6.61 Å². The smallest absolute Gasteiger partial charge is 0.335 e. The molecule has 14 atom stereocenters. The van der Waals surface area contributed by atoms with Crippen LogP contribution in [0.1, 0.15) is 65.2 Å². The van der Waals surface area contributed by atoms with E-state index < -0.39 is 53.8 Å². The van der Waals surface area contributed by atoms with Gasteiger partial charge in [0.25, 0.3) is 0 Å². The maximum atomic E-state index is 12.4. The average molecular weight is 567 g/mol. The number of carboxylic acid groups (broad SMARTS) is 1. The van der Waals surface area contributed by atoms with E-state index >= 15 is 0 Å². The van der Waals surface area contributed by atoms with Crippen molar-refractivity contribution in [2.24, 2.45) is 34.5 Å². The second kappa shape index (κ2) is 9.72. The van der Waals surface area contributed by atoms with Crippen molar-refractivity contribution in [2.45, 2.75) is 114 Å². The summed E-state index contributed by atoms with van der Waals surface area (Å²) in [6, 6.07) is 0. The van der Waals surface area contributed by atoms with Gasteiger partial charge in [-0.05, 0) is 86.0 Å². The van der Waals surface area contributed by atoms with Gasteiger partial charge in [0.15, 0.2) is 12.4 Å². The maximum absolute atomic E-state index is 12.4. The standard InChI is InChI=1S/C29H42O11/c1-27-7-5-15(39-26-23(34)21(32)22(33)24(40-26)25(35)36)10-14(27)3-4-17-18(27)11-19(30)28(2)16(6-8-29(17,28)37)13-9-20(31)38-12-13/h9,14-19,21-24,26,30,32-34,37H,3-8,10-12H2,1-2H3,(H,35,36)/t14-,15+,16-,17-,18+,19-,21+,22+,23-,24+,26-,27+,28+,29+/m1/s1. The quantitative estimate of drug-likeness (QED) is 0.206. The number of ether oxygens (including phenoxy) is 3. The summed E-state index contributed by atoms with van der Waals surface area (Å²) in [5, 5.41) is 64.0. The van der Waals surface area contributed by atoms with Gasteiger partial charge >= 0.3 is 11.9 Å². The van der Waals surface area contributed by atoms with Crippen LogP contribution in [-0.4, -0.2) is 97.7 Å². The molecule has 5 fully saturated rings. The third-order valence-electron chi connectivity index (χ3n) is 12.2. The lowest BCUT2D eigenvalue weighted by Gasteiger charge is -2.65. The van der Waals surface area contributed by atoms with Crippen LogP contribution in [0.15, 0.2) is 11.6 Å². The van der Waals surface area contributed by atoms with Crippen molar-refractivity contribution in [3.05, 3.63) is 11.6 Å². The van der Waals surface area contributed by atoms with Crippen LogP contribution < -0.4 is 0 Å². The molecule has 40 heavy (non-hydrogen) atoms. The number of aliphatic hydroxyl groups is 5. The zero-order valence-corrected chi connectivity index (χ0v) is 23.0. The number of hydrogen-bond donors (Lipinski definition) is 6. The Balaban J connectivity index is 1.18. The van der Waals surface area contributed by atoms with Crippen LogP contribution in [0.2, 0.25) is 0 Å². The predicted octanol–water partition coefficient (Wildman–Crippen LogP) is 0.492. The Morgan fingerprint density at radius 1 is 0.975 bits per heavy atom. The molecule has 6 rings (SSSR count). The molecule has 4 saturated carbocycles. The summed E-state index contributed by atoms with van der Waals surface area (Å²) >= 11 is 0. The van der Waals surface area contributed by atoms with Crippen LogP contribution in [0.25, 0.3) is 0 Å². The van der Waals surface area contributed by atoms with Gasteiger partial charge < -0.3 is 44.8 Å². The average Bonchev–Trinajstić information content (AvgIpc) is 3.45. The summed E-state index contributed by atoms with van der Waals surface area (Å²) in [6.45, 7) is 4.45. The Bertz CT molecular complexity index is 1080. The van der Waals surface area contributed by atoms with Gasteiger partial charge in [0.05, 0.1) is 17.8 Å². The van der Waals surface area contributed by atoms with Crippen molar-refractivity contribution in [1.29, 1.82) is 0 Å². The highest BCUT2D eigenvalue weighted by Crippen LogP contribution is 2.70. The van der Waals surface area contributed by atoms with E-state index in [4.69, 9.17) is 14.2 Å². The largest absolute Gasteiger partial charge is 0.479 e. The van der Waals surface area contributed by atoms with Crippen molar-refractivity contribution in [3.8, 4) is 0 Å². The number of fused-ring (bicyclic) bond motifs is 5. The Labute approximate surface area is 233 Å². The Morgan fingerprint density at radius 3 is 2.40 bits per heavy atom. The fourth-order valence-corrected chi connectivity index (χ4v) is 9.83.